The molecule has 0 aliphatic rings. The predicted octanol–water partition coefficient (Wildman–Crippen LogP) is 5.82. The Morgan fingerprint density at radius 2 is 1.97 bits per heavy atom. The van der Waals surface area contributed by atoms with Crippen molar-refractivity contribution in [3.63, 3.8) is 0 Å². The summed E-state index contributed by atoms with van der Waals surface area (Å²) in [5.74, 6) is 1.01. The van der Waals surface area contributed by atoms with Gasteiger partial charge in [0.05, 0.1) is 13.3 Å². The van der Waals surface area contributed by atoms with E-state index in [-0.39, 0.29) is 5.76 Å². The molecule has 1 aromatic heterocycles. The Bertz CT molecular complexity index is 1320. The number of nitrogens with one attached hydrogen (secondary N) is 1. The molecule has 1 heterocycles. The van der Waals surface area contributed by atoms with Gasteiger partial charge in [0, 0.05) is 10.9 Å². The average Bonchev–Trinajstić information content (AvgIpc) is 3.28. The molecule has 0 saturated heterocycles. The number of hydrogen-bond donors (Lipinski definition) is 1. The van der Waals surface area contributed by atoms with Gasteiger partial charge in [-0.3, -0.25) is 4.79 Å². The molecule has 34 heavy (non-hydrogen) atoms. The Balaban J connectivity index is 1.50. The van der Waals surface area contributed by atoms with Crippen LogP contribution in [0.1, 0.15) is 32.8 Å². The van der Waals surface area contributed by atoms with Crippen LogP contribution in [0, 0.1) is 6.92 Å². The van der Waals surface area contributed by atoms with Gasteiger partial charge in [0.25, 0.3) is 0 Å². The van der Waals surface area contributed by atoms with Gasteiger partial charge in [-0.05, 0) is 48.7 Å². The minimum absolute atomic E-state index is 0.197. The number of carbonyl (C=O) groups excluding carboxylic acids is 1. The van der Waals surface area contributed by atoms with Crippen LogP contribution in [0.4, 0.5) is 0 Å². The fourth-order valence-electron chi connectivity index (χ4n) is 3.65. The van der Waals surface area contributed by atoms with Gasteiger partial charge in [-0.1, -0.05) is 54.1 Å². The molecule has 0 unspecified atom stereocenters. The topological polar surface area (TPSA) is 73.1 Å². The van der Waals surface area contributed by atoms with Gasteiger partial charge in [-0.2, -0.15) is 5.10 Å². The lowest BCUT2D eigenvalue weighted by molar-refractivity contribution is 0.0929. The maximum absolute atomic E-state index is 12.4. The lowest BCUT2D eigenvalue weighted by Gasteiger charge is -2.16. The van der Waals surface area contributed by atoms with Crippen LogP contribution in [0.2, 0.25) is 0 Å². The van der Waals surface area contributed by atoms with Crippen LogP contribution < -0.4 is 14.9 Å². The van der Waals surface area contributed by atoms with Gasteiger partial charge in [0.2, 0.25) is 0 Å². The number of benzene rings is 3. The molecule has 6 heteroatoms. The number of furan rings is 1. The molecule has 4 rings (SSSR count). The monoisotopic (exact) mass is 454 g/mol. The van der Waals surface area contributed by atoms with Crippen LogP contribution in [0.3, 0.4) is 0 Å². The molecule has 0 aliphatic carbocycles. The number of carbonyl (C=O) groups is 1. The van der Waals surface area contributed by atoms with Crippen molar-refractivity contribution in [1.29, 1.82) is 0 Å². The Hall–Kier alpha value is -4.32. The maximum Gasteiger partial charge on any atom is 0.307 e. The van der Waals surface area contributed by atoms with Gasteiger partial charge < -0.3 is 13.9 Å². The minimum Gasteiger partial charge on any atom is -0.493 e. The second-order valence-corrected chi connectivity index (χ2v) is 7.83. The highest BCUT2D eigenvalue weighted by Gasteiger charge is 2.14. The molecule has 0 bridgehead atoms. The van der Waals surface area contributed by atoms with E-state index in [2.05, 4.69) is 23.2 Å². The molecule has 0 aliphatic heterocycles. The van der Waals surface area contributed by atoms with E-state index < -0.39 is 5.91 Å². The molecule has 0 spiro atoms. The largest absolute Gasteiger partial charge is 0.493 e. The van der Waals surface area contributed by atoms with Crippen molar-refractivity contribution in [2.24, 2.45) is 5.10 Å². The zero-order valence-electron chi connectivity index (χ0n) is 19.2. The predicted molar refractivity (Wildman–Crippen MR) is 134 cm³/mol. The summed E-state index contributed by atoms with van der Waals surface area (Å²) in [6, 6.07) is 21.1. The molecule has 172 valence electrons. The quantitative estimate of drug-likeness (QED) is 0.196. The van der Waals surface area contributed by atoms with Crippen LogP contribution in [0.5, 0.6) is 11.5 Å². The van der Waals surface area contributed by atoms with Crippen molar-refractivity contribution >= 4 is 23.1 Å². The number of allylic oxidation sites excluding steroid dienone is 1. The summed E-state index contributed by atoms with van der Waals surface area (Å²) in [4.78, 5) is 12.4. The standard InChI is InChI=1S/C28H26N2O4/c1-4-8-23-14-21(15-25(32-3)27(23)33-18-20-10-7-9-19(2)13-20)17-29-30-28(31)26-16-22-11-5-6-12-24(22)34-26/h4-7,9-17H,1,8,18H2,2-3H3,(H,30,31)/b29-17+. The summed E-state index contributed by atoms with van der Waals surface area (Å²) >= 11 is 0. The third kappa shape index (κ3) is 5.35. The Morgan fingerprint density at radius 1 is 1.12 bits per heavy atom. The molecule has 4 aromatic rings. The Labute approximate surface area is 198 Å². The molecule has 0 saturated carbocycles. The van der Waals surface area contributed by atoms with Crippen molar-refractivity contribution in [2.45, 2.75) is 20.0 Å². The fraction of sp³-hybridized carbons (Fsp3) is 0.143. The first-order valence-electron chi connectivity index (χ1n) is 10.9. The summed E-state index contributed by atoms with van der Waals surface area (Å²) in [7, 11) is 1.59. The number of ether oxygens (including phenoxy) is 2. The van der Waals surface area contributed by atoms with Gasteiger partial charge in [0.1, 0.15) is 12.2 Å². The molecular formula is C28H26N2O4. The number of amides is 1. The van der Waals surface area contributed by atoms with Gasteiger partial charge in [-0.15, -0.1) is 6.58 Å². The number of hydrogen-bond acceptors (Lipinski definition) is 5. The summed E-state index contributed by atoms with van der Waals surface area (Å²) in [5.41, 5.74) is 7.07. The van der Waals surface area contributed by atoms with Crippen molar-refractivity contribution < 1.29 is 18.7 Å². The average molecular weight is 455 g/mol. The van der Waals surface area contributed by atoms with Crippen LogP contribution in [-0.2, 0) is 13.0 Å². The van der Waals surface area contributed by atoms with E-state index >= 15 is 0 Å². The van der Waals surface area contributed by atoms with Crippen molar-refractivity contribution in [3.8, 4) is 11.5 Å². The van der Waals surface area contributed by atoms with E-state index in [1.807, 2.05) is 61.5 Å². The third-order valence-corrected chi connectivity index (χ3v) is 5.23. The number of methoxy groups -OCH3 is 1. The minimum atomic E-state index is -0.427. The van der Waals surface area contributed by atoms with E-state index in [1.165, 1.54) is 5.56 Å². The van der Waals surface area contributed by atoms with Crippen molar-refractivity contribution in [3.05, 3.63) is 107 Å². The molecule has 6 nitrogen and oxygen atoms in total. The zero-order chi connectivity index (χ0) is 23.9. The molecule has 1 amide bonds. The van der Waals surface area contributed by atoms with Crippen molar-refractivity contribution in [1.82, 2.24) is 5.43 Å². The molecule has 0 radical (unpaired) electrons. The first kappa shape index (κ1) is 22.9. The second kappa shape index (κ2) is 10.5. The van der Waals surface area contributed by atoms with Crippen molar-refractivity contribution in [2.75, 3.05) is 7.11 Å². The van der Waals surface area contributed by atoms with E-state index in [4.69, 9.17) is 13.9 Å². The number of hydrazone groups is 1. The zero-order valence-corrected chi connectivity index (χ0v) is 19.2. The van der Waals surface area contributed by atoms with E-state index in [0.29, 0.717) is 30.1 Å². The lowest BCUT2D eigenvalue weighted by atomic mass is 10.1. The van der Waals surface area contributed by atoms with E-state index in [9.17, 15) is 4.79 Å². The van der Waals surface area contributed by atoms with Gasteiger partial charge in [-0.25, -0.2) is 5.43 Å². The number of para-hydroxylation sites is 1. The number of nitrogens with zero attached hydrogens (tertiary/aromatic N) is 1. The van der Waals surface area contributed by atoms with Gasteiger partial charge >= 0.3 is 5.91 Å². The number of aryl methyl sites for hydroxylation is 1. The summed E-state index contributed by atoms with van der Waals surface area (Å²) in [6.45, 7) is 6.32. The highest BCUT2D eigenvalue weighted by Crippen LogP contribution is 2.34. The fourth-order valence-corrected chi connectivity index (χ4v) is 3.65. The van der Waals surface area contributed by atoms with Crippen LogP contribution in [0.15, 0.2) is 88.9 Å². The van der Waals surface area contributed by atoms with Crippen LogP contribution in [0.25, 0.3) is 11.0 Å². The number of rotatable bonds is 9. The number of fused-ring (bicyclic) bond motifs is 1. The summed E-state index contributed by atoms with van der Waals surface area (Å²) in [5, 5.41) is 4.95. The molecule has 3 aromatic carbocycles. The van der Waals surface area contributed by atoms with E-state index in [0.717, 1.165) is 22.1 Å². The first-order valence-corrected chi connectivity index (χ1v) is 10.9. The molecule has 1 N–H and O–H groups in total. The Kier molecular flexibility index (Phi) is 7.08. The highest BCUT2D eigenvalue weighted by atomic mass is 16.5. The molecule has 0 fully saturated rings. The van der Waals surface area contributed by atoms with E-state index in [1.54, 1.807) is 25.5 Å². The maximum atomic E-state index is 12.4. The normalized spacial score (nSPS) is 11.0. The Morgan fingerprint density at radius 3 is 2.74 bits per heavy atom. The summed E-state index contributed by atoms with van der Waals surface area (Å²) in [6.07, 6.45) is 3.95. The third-order valence-electron chi connectivity index (χ3n) is 5.23. The first-order chi connectivity index (χ1) is 16.6. The van der Waals surface area contributed by atoms with Crippen LogP contribution in [-0.4, -0.2) is 19.2 Å². The highest BCUT2D eigenvalue weighted by molar-refractivity contribution is 5.96. The molecule has 0 atom stereocenters. The smallest absolute Gasteiger partial charge is 0.307 e. The SMILES string of the molecule is C=CCc1cc(/C=N/NC(=O)c2cc3ccccc3o2)cc(OC)c1OCc1cccc(C)c1. The van der Waals surface area contributed by atoms with Gasteiger partial charge in [0.15, 0.2) is 17.3 Å². The summed E-state index contributed by atoms with van der Waals surface area (Å²) < 4.78 is 17.3. The lowest BCUT2D eigenvalue weighted by Crippen LogP contribution is -2.16. The molecular weight excluding hydrogens is 428 g/mol. The van der Waals surface area contributed by atoms with Crippen LogP contribution >= 0.6 is 0 Å². The second-order valence-electron chi connectivity index (χ2n) is 7.83.